The first-order chi connectivity index (χ1) is 12.0. The summed E-state index contributed by atoms with van der Waals surface area (Å²) in [7, 11) is 0. The molecule has 1 N–H and O–H groups in total. The maximum absolute atomic E-state index is 12.9. The van der Waals surface area contributed by atoms with Gasteiger partial charge in [-0.15, -0.1) is 0 Å². The van der Waals surface area contributed by atoms with Crippen molar-refractivity contribution in [3.8, 4) is 0 Å². The summed E-state index contributed by atoms with van der Waals surface area (Å²) in [6.45, 7) is 1.91. The molecular weight excluding hydrogens is 323 g/mol. The molecule has 3 atom stereocenters. The standard InChI is InChI=1S/C19H21FN2O3/c1-12(13-6-8-14(20)9-7-13)21-17(23)10-11-22-18(24)15-4-2-3-5-16(15)19(22)25/h2-3,6-9,12,15-16H,4-5,10-11H2,1H3,(H,21,23)/t12-,15-,16+/m0/s1. The van der Waals surface area contributed by atoms with Crippen LogP contribution >= 0.6 is 0 Å². The van der Waals surface area contributed by atoms with E-state index in [9.17, 15) is 18.8 Å². The van der Waals surface area contributed by atoms with Gasteiger partial charge in [0.1, 0.15) is 5.82 Å². The third kappa shape index (κ3) is 3.62. The molecule has 1 fully saturated rings. The van der Waals surface area contributed by atoms with E-state index >= 15 is 0 Å². The summed E-state index contributed by atoms with van der Waals surface area (Å²) in [5, 5.41) is 2.81. The summed E-state index contributed by atoms with van der Waals surface area (Å²) in [6, 6.07) is 5.65. The van der Waals surface area contributed by atoms with Crippen LogP contribution in [0.3, 0.4) is 0 Å². The predicted molar refractivity (Wildman–Crippen MR) is 89.6 cm³/mol. The molecule has 0 spiro atoms. The van der Waals surface area contributed by atoms with Crippen LogP contribution in [-0.4, -0.2) is 29.2 Å². The Morgan fingerprint density at radius 3 is 2.28 bits per heavy atom. The Morgan fingerprint density at radius 1 is 1.16 bits per heavy atom. The molecule has 1 aliphatic carbocycles. The molecule has 132 valence electrons. The van der Waals surface area contributed by atoms with Gasteiger partial charge in [0.2, 0.25) is 17.7 Å². The molecule has 3 amide bonds. The van der Waals surface area contributed by atoms with Gasteiger partial charge in [-0.05, 0) is 37.5 Å². The maximum atomic E-state index is 12.9. The van der Waals surface area contributed by atoms with Crippen molar-refractivity contribution in [2.24, 2.45) is 11.8 Å². The first-order valence-electron chi connectivity index (χ1n) is 8.52. The predicted octanol–water partition coefficient (Wildman–Crippen LogP) is 2.34. The van der Waals surface area contributed by atoms with Crippen molar-refractivity contribution < 1.29 is 18.8 Å². The number of benzene rings is 1. The van der Waals surface area contributed by atoms with Crippen LogP contribution in [0.15, 0.2) is 36.4 Å². The Labute approximate surface area is 145 Å². The smallest absolute Gasteiger partial charge is 0.233 e. The third-order valence-corrected chi connectivity index (χ3v) is 4.91. The zero-order valence-corrected chi connectivity index (χ0v) is 14.1. The fraction of sp³-hybridized carbons (Fsp3) is 0.421. The molecule has 1 heterocycles. The third-order valence-electron chi connectivity index (χ3n) is 4.91. The topological polar surface area (TPSA) is 66.5 Å². The number of hydrogen-bond acceptors (Lipinski definition) is 3. The lowest BCUT2D eigenvalue weighted by Crippen LogP contribution is -2.36. The summed E-state index contributed by atoms with van der Waals surface area (Å²) in [5.41, 5.74) is 0.792. The second kappa shape index (κ2) is 7.17. The lowest BCUT2D eigenvalue weighted by atomic mass is 9.85. The molecule has 1 aromatic rings. The van der Waals surface area contributed by atoms with E-state index in [-0.39, 0.29) is 54.4 Å². The number of imide groups is 1. The second-order valence-corrected chi connectivity index (χ2v) is 6.57. The van der Waals surface area contributed by atoms with Gasteiger partial charge in [-0.25, -0.2) is 4.39 Å². The molecule has 5 nitrogen and oxygen atoms in total. The molecule has 0 aromatic heterocycles. The average molecular weight is 344 g/mol. The number of fused-ring (bicyclic) bond motifs is 1. The summed E-state index contributed by atoms with van der Waals surface area (Å²) in [5.74, 6) is -1.44. The highest BCUT2D eigenvalue weighted by Gasteiger charge is 2.46. The normalized spacial score (nSPS) is 23.5. The Hall–Kier alpha value is -2.50. The lowest BCUT2D eigenvalue weighted by molar-refractivity contribution is -0.140. The van der Waals surface area contributed by atoms with Crippen molar-refractivity contribution in [3.05, 3.63) is 47.8 Å². The molecule has 1 aliphatic heterocycles. The van der Waals surface area contributed by atoms with E-state index in [1.165, 1.54) is 17.0 Å². The Kier molecular flexibility index (Phi) is 4.97. The first-order valence-corrected chi connectivity index (χ1v) is 8.52. The molecule has 6 heteroatoms. The fourth-order valence-electron chi connectivity index (χ4n) is 3.45. The van der Waals surface area contributed by atoms with Gasteiger partial charge in [0, 0.05) is 13.0 Å². The quantitative estimate of drug-likeness (QED) is 0.659. The van der Waals surface area contributed by atoms with Crippen LogP contribution < -0.4 is 5.32 Å². The zero-order valence-electron chi connectivity index (χ0n) is 14.1. The molecule has 25 heavy (non-hydrogen) atoms. The summed E-state index contributed by atoms with van der Waals surface area (Å²) < 4.78 is 12.9. The number of likely N-dealkylation sites (tertiary alicyclic amines) is 1. The van der Waals surface area contributed by atoms with Gasteiger partial charge in [-0.3, -0.25) is 19.3 Å². The largest absolute Gasteiger partial charge is 0.350 e. The van der Waals surface area contributed by atoms with Gasteiger partial charge >= 0.3 is 0 Å². The van der Waals surface area contributed by atoms with Crippen molar-refractivity contribution in [1.29, 1.82) is 0 Å². The monoisotopic (exact) mass is 344 g/mol. The molecule has 0 saturated carbocycles. The van der Waals surface area contributed by atoms with Crippen molar-refractivity contribution in [2.75, 3.05) is 6.54 Å². The lowest BCUT2D eigenvalue weighted by Gasteiger charge is -2.17. The van der Waals surface area contributed by atoms with Gasteiger partial charge in [0.15, 0.2) is 0 Å². The maximum Gasteiger partial charge on any atom is 0.233 e. The number of nitrogens with one attached hydrogen (secondary N) is 1. The fourth-order valence-corrected chi connectivity index (χ4v) is 3.45. The van der Waals surface area contributed by atoms with E-state index in [0.29, 0.717) is 12.8 Å². The number of hydrogen-bond donors (Lipinski definition) is 1. The number of halogens is 1. The minimum absolute atomic E-state index is 0.0654. The molecule has 2 aliphatic rings. The molecule has 1 saturated heterocycles. The van der Waals surface area contributed by atoms with Crippen LogP contribution in [0.4, 0.5) is 4.39 Å². The average Bonchev–Trinajstić information content (AvgIpc) is 2.85. The van der Waals surface area contributed by atoms with Crippen LogP contribution in [-0.2, 0) is 14.4 Å². The highest BCUT2D eigenvalue weighted by Crippen LogP contribution is 2.34. The van der Waals surface area contributed by atoms with E-state index < -0.39 is 0 Å². The Bertz CT molecular complexity index is 688. The van der Waals surface area contributed by atoms with Crippen LogP contribution in [0, 0.1) is 17.7 Å². The highest BCUT2D eigenvalue weighted by atomic mass is 19.1. The molecule has 0 unspecified atom stereocenters. The molecule has 0 bridgehead atoms. The van der Waals surface area contributed by atoms with Crippen LogP contribution in [0.1, 0.15) is 37.8 Å². The number of carbonyl (C=O) groups excluding carboxylic acids is 3. The van der Waals surface area contributed by atoms with E-state index in [0.717, 1.165) is 5.56 Å². The van der Waals surface area contributed by atoms with E-state index in [4.69, 9.17) is 0 Å². The number of rotatable bonds is 5. The minimum atomic E-state index is -0.329. The van der Waals surface area contributed by atoms with Crippen molar-refractivity contribution in [2.45, 2.75) is 32.2 Å². The van der Waals surface area contributed by atoms with Crippen LogP contribution in [0.5, 0.6) is 0 Å². The summed E-state index contributed by atoms with van der Waals surface area (Å²) in [4.78, 5) is 38.0. The van der Waals surface area contributed by atoms with Gasteiger partial charge in [-0.2, -0.15) is 0 Å². The van der Waals surface area contributed by atoms with Crippen LogP contribution in [0.25, 0.3) is 0 Å². The Morgan fingerprint density at radius 2 is 1.72 bits per heavy atom. The Balaban J connectivity index is 1.53. The van der Waals surface area contributed by atoms with Gasteiger partial charge in [0.05, 0.1) is 17.9 Å². The molecule has 1 aromatic carbocycles. The summed E-state index contributed by atoms with van der Waals surface area (Å²) >= 11 is 0. The molecule has 0 radical (unpaired) electrons. The SMILES string of the molecule is C[C@H](NC(=O)CCN1C(=O)[C@H]2CC=CC[C@H]2C1=O)c1ccc(F)cc1. The minimum Gasteiger partial charge on any atom is -0.350 e. The van der Waals surface area contributed by atoms with Crippen molar-refractivity contribution in [1.82, 2.24) is 10.2 Å². The number of amides is 3. The van der Waals surface area contributed by atoms with E-state index in [2.05, 4.69) is 5.32 Å². The number of carbonyl (C=O) groups is 3. The molecular formula is C19H21FN2O3. The summed E-state index contributed by atoms with van der Waals surface area (Å²) in [6.07, 6.45) is 5.13. The highest BCUT2D eigenvalue weighted by molar-refractivity contribution is 6.05. The zero-order chi connectivity index (χ0) is 18.0. The van der Waals surface area contributed by atoms with Crippen molar-refractivity contribution in [3.63, 3.8) is 0 Å². The van der Waals surface area contributed by atoms with Gasteiger partial charge < -0.3 is 5.32 Å². The van der Waals surface area contributed by atoms with Crippen LogP contribution in [0.2, 0.25) is 0 Å². The molecule has 3 rings (SSSR count). The van der Waals surface area contributed by atoms with E-state index in [1.807, 2.05) is 12.2 Å². The second-order valence-electron chi connectivity index (χ2n) is 6.57. The van der Waals surface area contributed by atoms with E-state index in [1.54, 1.807) is 19.1 Å². The van der Waals surface area contributed by atoms with Crippen molar-refractivity contribution >= 4 is 17.7 Å². The first kappa shape index (κ1) is 17.3. The van der Waals surface area contributed by atoms with Gasteiger partial charge in [0.25, 0.3) is 0 Å². The number of allylic oxidation sites excluding steroid dienone is 2. The number of nitrogens with zero attached hydrogens (tertiary/aromatic N) is 1. The van der Waals surface area contributed by atoms with Gasteiger partial charge in [-0.1, -0.05) is 24.3 Å².